The van der Waals surface area contributed by atoms with E-state index < -0.39 is 0 Å². The van der Waals surface area contributed by atoms with Crippen LogP contribution in [-0.4, -0.2) is 12.5 Å². The first-order valence-electron chi connectivity index (χ1n) is 6.76. The number of hydrogen-bond acceptors (Lipinski definition) is 4. The number of hydrogen-bond donors (Lipinski definition) is 3. The summed E-state index contributed by atoms with van der Waals surface area (Å²) < 4.78 is 12.8. The average molecular weight is 307 g/mol. The van der Waals surface area contributed by atoms with Gasteiger partial charge in [0.25, 0.3) is 5.91 Å². The van der Waals surface area contributed by atoms with Crippen LogP contribution in [0.1, 0.15) is 28.6 Å². The highest BCUT2D eigenvalue weighted by Crippen LogP contribution is 2.29. The molecule has 0 unspecified atom stereocenters. The normalized spacial score (nSPS) is 10.4. The van der Waals surface area contributed by atoms with E-state index in [4.69, 9.17) is 5.73 Å². The van der Waals surface area contributed by atoms with E-state index in [1.807, 2.05) is 6.92 Å². The third kappa shape index (κ3) is 4.19. The number of amides is 1. The van der Waals surface area contributed by atoms with Crippen LogP contribution in [0.3, 0.4) is 0 Å². The SMILES string of the molecule is CCCNC(=O)c1sc(NCc2ccc(F)cc2)cc1N. The summed E-state index contributed by atoms with van der Waals surface area (Å²) in [5, 5.41) is 6.81. The number of rotatable bonds is 6. The minimum Gasteiger partial charge on any atom is -0.397 e. The number of carbonyl (C=O) groups is 1. The van der Waals surface area contributed by atoms with Crippen LogP contribution >= 0.6 is 11.3 Å². The third-order valence-corrected chi connectivity index (χ3v) is 3.99. The Kier molecular flexibility index (Phi) is 5.16. The monoisotopic (exact) mass is 307 g/mol. The second kappa shape index (κ2) is 7.08. The lowest BCUT2D eigenvalue weighted by Gasteiger charge is -2.03. The molecule has 0 spiro atoms. The van der Waals surface area contributed by atoms with Crippen molar-refractivity contribution in [3.63, 3.8) is 0 Å². The summed E-state index contributed by atoms with van der Waals surface area (Å²) in [5.74, 6) is -0.400. The number of thiophene rings is 1. The molecule has 0 saturated carbocycles. The van der Waals surface area contributed by atoms with E-state index >= 15 is 0 Å². The molecule has 1 aromatic heterocycles. The summed E-state index contributed by atoms with van der Waals surface area (Å²) in [6, 6.07) is 8.02. The number of benzene rings is 1. The Labute approximate surface area is 127 Å². The molecule has 0 bridgehead atoms. The van der Waals surface area contributed by atoms with Gasteiger partial charge in [-0.1, -0.05) is 19.1 Å². The highest BCUT2D eigenvalue weighted by Gasteiger charge is 2.13. The zero-order chi connectivity index (χ0) is 15.2. The third-order valence-electron chi connectivity index (χ3n) is 2.88. The molecule has 6 heteroatoms. The smallest absolute Gasteiger partial charge is 0.263 e. The van der Waals surface area contributed by atoms with Crippen LogP contribution in [0.5, 0.6) is 0 Å². The van der Waals surface area contributed by atoms with Crippen molar-refractivity contribution in [2.45, 2.75) is 19.9 Å². The molecular formula is C15H18FN3OS. The largest absolute Gasteiger partial charge is 0.397 e. The lowest BCUT2D eigenvalue weighted by Crippen LogP contribution is -2.23. The zero-order valence-electron chi connectivity index (χ0n) is 11.8. The molecule has 21 heavy (non-hydrogen) atoms. The van der Waals surface area contributed by atoms with Gasteiger partial charge in [-0.05, 0) is 30.2 Å². The molecule has 0 saturated heterocycles. The molecule has 4 N–H and O–H groups in total. The van der Waals surface area contributed by atoms with Gasteiger partial charge in [0.1, 0.15) is 10.7 Å². The second-order valence-electron chi connectivity index (χ2n) is 4.63. The minimum atomic E-state index is -0.256. The number of anilines is 2. The standard InChI is InChI=1S/C15H18FN3OS/c1-2-7-18-15(20)14-12(17)8-13(21-14)19-9-10-3-5-11(16)6-4-10/h3-6,8,19H,2,7,9,17H2,1H3,(H,18,20). The predicted octanol–water partition coefficient (Wildman–Crippen LogP) is 3.22. The van der Waals surface area contributed by atoms with Gasteiger partial charge >= 0.3 is 0 Å². The van der Waals surface area contributed by atoms with E-state index in [0.717, 1.165) is 17.0 Å². The molecular weight excluding hydrogens is 289 g/mol. The van der Waals surface area contributed by atoms with Gasteiger partial charge in [-0.25, -0.2) is 4.39 Å². The van der Waals surface area contributed by atoms with Crippen LogP contribution in [0.4, 0.5) is 15.1 Å². The van der Waals surface area contributed by atoms with Crippen molar-refractivity contribution < 1.29 is 9.18 Å². The fraction of sp³-hybridized carbons (Fsp3) is 0.267. The summed E-state index contributed by atoms with van der Waals surface area (Å²) in [6.07, 6.45) is 0.882. The van der Waals surface area contributed by atoms with Crippen molar-refractivity contribution in [3.05, 3.63) is 46.6 Å². The summed E-state index contributed by atoms with van der Waals surface area (Å²) >= 11 is 1.32. The lowest BCUT2D eigenvalue weighted by molar-refractivity contribution is 0.0958. The van der Waals surface area contributed by atoms with Gasteiger partial charge < -0.3 is 16.4 Å². The van der Waals surface area contributed by atoms with Crippen molar-refractivity contribution in [2.75, 3.05) is 17.6 Å². The Morgan fingerprint density at radius 3 is 2.71 bits per heavy atom. The fourth-order valence-corrected chi connectivity index (χ4v) is 2.67. The summed E-state index contributed by atoms with van der Waals surface area (Å²) in [6.45, 7) is 3.18. The summed E-state index contributed by atoms with van der Waals surface area (Å²) in [5.41, 5.74) is 7.29. The van der Waals surface area contributed by atoms with E-state index in [0.29, 0.717) is 23.7 Å². The topological polar surface area (TPSA) is 67.2 Å². The molecule has 0 aliphatic rings. The van der Waals surface area contributed by atoms with Crippen molar-refractivity contribution >= 4 is 27.9 Å². The molecule has 0 atom stereocenters. The molecule has 1 heterocycles. The lowest BCUT2D eigenvalue weighted by atomic mass is 10.2. The van der Waals surface area contributed by atoms with Gasteiger partial charge in [-0.2, -0.15) is 0 Å². The maximum absolute atomic E-state index is 12.8. The highest BCUT2D eigenvalue weighted by molar-refractivity contribution is 7.18. The molecule has 0 aliphatic carbocycles. The molecule has 2 aromatic rings. The van der Waals surface area contributed by atoms with Crippen molar-refractivity contribution in [3.8, 4) is 0 Å². The predicted molar refractivity (Wildman–Crippen MR) is 85.1 cm³/mol. The molecule has 0 radical (unpaired) electrons. The first kappa shape index (κ1) is 15.3. The Balaban J connectivity index is 1.98. The Hall–Kier alpha value is -2.08. The fourth-order valence-electron chi connectivity index (χ4n) is 1.78. The molecule has 0 aliphatic heterocycles. The molecule has 4 nitrogen and oxygen atoms in total. The minimum absolute atomic E-state index is 0.144. The first-order chi connectivity index (χ1) is 10.1. The average Bonchev–Trinajstić information content (AvgIpc) is 2.85. The van der Waals surface area contributed by atoms with Crippen LogP contribution in [0.25, 0.3) is 0 Å². The van der Waals surface area contributed by atoms with Gasteiger partial charge in [0, 0.05) is 13.1 Å². The molecule has 2 rings (SSSR count). The van der Waals surface area contributed by atoms with Crippen LogP contribution in [0, 0.1) is 5.82 Å². The van der Waals surface area contributed by atoms with E-state index in [1.54, 1.807) is 18.2 Å². The molecule has 1 amide bonds. The van der Waals surface area contributed by atoms with Crippen LogP contribution in [0.2, 0.25) is 0 Å². The number of nitrogen functional groups attached to an aromatic ring is 1. The Morgan fingerprint density at radius 2 is 2.05 bits per heavy atom. The maximum Gasteiger partial charge on any atom is 0.263 e. The van der Waals surface area contributed by atoms with Gasteiger partial charge in [0.2, 0.25) is 0 Å². The van der Waals surface area contributed by atoms with Gasteiger partial charge in [-0.3, -0.25) is 4.79 Å². The quantitative estimate of drug-likeness (QED) is 0.767. The number of halogens is 1. The Bertz CT molecular complexity index is 610. The number of nitrogens with one attached hydrogen (secondary N) is 2. The van der Waals surface area contributed by atoms with Crippen molar-refractivity contribution in [1.82, 2.24) is 5.32 Å². The van der Waals surface area contributed by atoms with Crippen LogP contribution < -0.4 is 16.4 Å². The molecule has 0 fully saturated rings. The van der Waals surface area contributed by atoms with Crippen molar-refractivity contribution in [2.24, 2.45) is 0 Å². The van der Waals surface area contributed by atoms with Gasteiger partial charge in [-0.15, -0.1) is 11.3 Å². The highest BCUT2D eigenvalue weighted by atomic mass is 32.1. The van der Waals surface area contributed by atoms with Gasteiger partial charge in [0.05, 0.1) is 10.7 Å². The molecule has 112 valence electrons. The number of carbonyl (C=O) groups excluding carboxylic acids is 1. The van der Waals surface area contributed by atoms with Crippen LogP contribution in [-0.2, 0) is 6.54 Å². The van der Waals surface area contributed by atoms with Crippen molar-refractivity contribution in [1.29, 1.82) is 0 Å². The Morgan fingerprint density at radius 1 is 1.33 bits per heavy atom. The summed E-state index contributed by atoms with van der Waals surface area (Å²) in [4.78, 5) is 12.4. The first-order valence-corrected chi connectivity index (χ1v) is 7.57. The second-order valence-corrected chi connectivity index (χ2v) is 5.68. The van der Waals surface area contributed by atoms with Gasteiger partial charge in [0.15, 0.2) is 0 Å². The zero-order valence-corrected chi connectivity index (χ0v) is 12.6. The van der Waals surface area contributed by atoms with E-state index in [1.165, 1.54) is 23.5 Å². The number of nitrogens with two attached hydrogens (primary N) is 1. The van der Waals surface area contributed by atoms with E-state index in [-0.39, 0.29) is 11.7 Å². The van der Waals surface area contributed by atoms with Crippen LogP contribution in [0.15, 0.2) is 30.3 Å². The van der Waals surface area contributed by atoms with E-state index in [9.17, 15) is 9.18 Å². The maximum atomic E-state index is 12.8. The molecule has 1 aromatic carbocycles. The van der Waals surface area contributed by atoms with E-state index in [2.05, 4.69) is 10.6 Å². The summed E-state index contributed by atoms with van der Waals surface area (Å²) in [7, 11) is 0.